The number of likely N-dealkylation sites (tertiary alicyclic amines) is 1. The van der Waals surface area contributed by atoms with Gasteiger partial charge in [-0.2, -0.15) is 0 Å². The molecule has 1 N–H and O–H groups in total. The molecule has 1 aliphatic carbocycles. The number of hydrogen-bond donors (Lipinski definition) is 1. The fraction of sp³-hybridized carbons (Fsp3) is 0.882. The van der Waals surface area contributed by atoms with Crippen molar-refractivity contribution in [3.63, 3.8) is 0 Å². The molecule has 7 nitrogen and oxygen atoms in total. The molecular formula is C17H30N6O. The van der Waals surface area contributed by atoms with E-state index in [1.54, 1.807) is 11.0 Å². The minimum atomic E-state index is 0.0117. The van der Waals surface area contributed by atoms with E-state index in [-0.39, 0.29) is 11.3 Å². The van der Waals surface area contributed by atoms with Crippen LogP contribution in [0.1, 0.15) is 58.3 Å². The van der Waals surface area contributed by atoms with Gasteiger partial charge in [-0.1, -0.05) is 26.2 Å². The van der Waals surface area contributed by atoms with Crippen LogP contribution >= 0.6 is 0 Å². The number of likely N-dealkylation sites (N-methyl/N-ethyl adjacent to an activating group) is 1. The summed E-state index contributed by atoms with van der Waals surface area (Å²) in [5, 5.41) is 14.7. The standard InChI is InChI=1S/C17H30N6O/c1-2-22-10-6-7-15(22)12-18-16(24)11-17(8-4-3-5-9-17)13-23-14-19-20-21-23/h14-15H,2-13H2,1H3,(H,18,24). The maximum atomic E-state index is 12.6. The Kier molecular flexibility index (Phi) is 5.81. The highest BCUT2D eigenvalue weighted by atomic mass is 16.1. The molecule has 1 saturated carbocycles. The van der Waals surface area contributed by atoms with Crippen LogP contribution in [-0.2, 0) is 11.3 Å². The molecule has 1 atom stereocenters. The molecule has 2 fully saturated rings. The van der Waals surface area contributed by atoms with Gasteiger partial charge in [0, 0.05) is 19.0 Å². The van der Waals surface area contributed by atoms with E-state index >= 15 is 0 Å². The summed E-state index contributed by atoms with van der Waals surface area (Å²) in [6.45, 7) is 5.97. The molecule has 0 radical (unpaired) electrons. The Labute approximate surface area is 144 Å². The molecule has 0 spiro atoms. The van der Waals surface area contributed by atoms with Crippen LogP contribution in [0.15, 0.2) is 6.33 Å². The quantitative estimate of drug-likeness (QED) is 0.820. The van der Waals surface area contributed by atoms with Crippen LogP contribution in [0.5, 0.6) is 0 Å². The average Bonchev–Trinajstić information content (AvgIpc) is 3.24. The van der Waals surface area contributed by atoms with Crippen LogP contribution in [0.25, 0.3) is 0 Å². The normalized spacial score (nSPS) is 24.1. The van der Waals surface area contributed by atoms with Crippen molar-refractivity contribution in [3.05, 3.63) is 6.33 Å². The van der Waals surface area contributed by atoms with E-state index < -0.39 is 0 Å². The van der Waals surface area contributed by atoms with Crippen molar-refractivity contribution < 1.29 is 4.79 Å². The van der Waals surface area contributed by atoms with Crippen molar-refractivity contribution in [1.82, 2.24) is 30.4 Å². The fourth-order valence-corrected chi connectivity index (χ4v) is 4.47. The lowest BCUT2D eigenvalue weighted by atomic mass is 9.71. The number of nitrogens with one attached hydrogen (secondary N) is 1. The molecule has 7 heteroatoms. The Hall–Kier alpha value is -1.50. The molecule has 1 aromatic rings. The zero-order valence-electron chi connectivity index (χ0n) is 14.8. The zero-order valence-corrected chi connectivity index (χ0v) is 14.8. The molecule has 1 saturated heterocycles. The molecule has 24 heavy (non-hydrogen) atoms. The van der Waals surface area contributed by atoms with Crippen LogP contribution in [0, 0.1) is 5.41 Å². The molecule has 1 unspecified atom stereocenters. The summed E-state index contributed by atoms with van der Waals surface area (Å²) in [7, 11) is 0. The molecular weight excluding hydrogens is 304 g/mol. The van der Waals surface area contributed by atoms with Crippen LogP contribution < -0.4 is 5.32 Å². The van der Waals surface area contributed by atoms with Gasteiger partial charge in [0.15, 0.2) is 0 Å². The smallest absolute Gasteiger partial charge is 0.220 e. The predicted molar refractivity (Wildman–Crippen MR) is 91.2 cm³/mol. The van der Waals surface area contributed by atoms with E-state index in [9.17, 15) is 4.79 Å². The number of carbonyl (C=O) groups is 1. The molecule has 1 amide bonds. The molecule has 2 aliphatic rings. The second-order valence-corrected chi connectivity index (χ2v) is 7.47. The monoisotopic (exact) mass is 334 g/mol. The highest BCUT2D eigenvalue weighted by Crippen LogP contribution is 2.40. The molecule has 0 bridgehead atoms. The maximum absolute atomic E-state index is 12.6. The van der Waals surface area contributed by atoms with Gasteiger partial charge in [0.25, 0.3) is 0 Å². The lowest BCUT2D eigenvalue weighted by Gasteiger charge is -2.36. The average molecular weight is 334 g/mol. The first-order chi connectivity index (χ1) is 11.7. The third-order valence-corrected chi connectivity index (χ3v) is 5.78. The van der Waals surface area contributed by atoms with Crippen LogP contribution in [0.2, 0.25) is 0 Å². The summed E-state index contributed by atoms with van der Waals surface area (Å²) in [6, 6.07) is 0.515. The Bertz CT molecular complexity index is 511. The minimum Gasteiger partial charge on any atom is -0.355 e. The number of rotatable bonds is 7. The van der Waals surface area contributed by atoms with Gasteiger partial charge in [-0.3, -0.25) is 9.69 Å². The van der Waals surface area contributed by atoms with Gasteiger partial charge >= 0.3 is 0 Å². The third kappa shape index (κ3) is 4.32. The maximum Gasteiger partial charge on any atom is 0.220 e. The van der Waals surface area contributed by atoms with Crippen molar-refractivity contribution in [2.24, 2.45) is 5.41 Å². The van der Waals surface area contributed by atoms with Gasteiger partial charge < -0.3 is 5.32 Å². The summed E-state index contributed by atoms with van der Waals surface area (Å²) < 4.78 is 1.79. The van der Waals surface area contributed by atoms with Crippen molar-refractivity contribution in [1.29, 1.82) is 0 Å². The lowest BCUT2D eigenvalue weighted by Crippen LogP contribution is -2.42. The highest BCUT2D eigenvalue weighted by molar-refractivity contribution is 5.76. The van der Waals surface area contributed by atoms with E-state index in [1.807, 2.05) is 0 Å². The number of hydrogen-bond acceptors (Lipinski definition) is 5. The molecule has 0 aromatic carbocycles. The molecule has 3 rings (SSSR count). The highest BCUT2D eigenvalue weighted by Gasteiger charge is 2.35. The zero-order chi connectivity index (χ0) is 16.8. The summed E-state index contributed by atoms with van der Waals surface area (Å²) in [5.74, 6) is 0.188. The Balaban J connectivity index is 1.55. The fourth-order valence-electron chi connectivity index (χ4n) is 4.47. The molecule has 134 valence electrons. The molecule has 2 heterocycles. The number of tetrazole rings is 1. The number of carbonyl (C=O) groups excluding carboxylic acids is 1. The van der Waals surface area contributed by atoms with Crippen molar-refractivity contribution >= 4 is 5.91 Å². The first-order valence-electron chi connectivity index (χ1n) is 9.42. The lowest BCUT2D eigenvalue weighted by molar-refractivity contribution is -0.124. The predicted octanol–water partition coefficient (Wildman–Crippen LogP) is 1.61. The summed E-state index contributed by atoms with van der Waals surface area (Å²) >= 11 is 0. The molecule has 1 aliphatic heterocycles. The number of amides is 1. The van der Waals surface area contributed by atoms with Crippen LogP contribution in [0.4, 0.5) is 0 Å². The van der Waals surface area contributed by atoms with Gasteiger partial charge in [0.05, 0.1) is 6.54 Å². The summed E-state index contributed by atoms with van der Waals surface area (Å²) in [4.78, 5) is 15.1. The van der Waals surface area contributed by atoms with Gasteiger partial charge in [0.1, 0.15) is 6.33 Å². The Morgan fingerprint density at radius 3 is 2.83 bits per heavy atom. The van der Waals surface area contributed by atoms with Crippen LogP contribution in [-0.4, -0.2) is 56.7 Å². The van der Waals surface area contributed by atoms with E-state index in [0.717, 1.165) is 32.5 Å². The van der Waals surface area contributed by atoms with Gasteiger partial charge in [-0.05, 0) is 54.6 Å². The van der Waals surface area contributed by atoms with E-state index in [2.05, 4.69) is 32.7 Å². The topological polar surface area (TPSA) is 75.9 Å². The van der Waals surface area contributed by atoms with E-state index in [0.29, 0.717) is 12.5 Å². The number of aromatic nitrogens is 4. The Morgan fingerprint density at radius 2 is 2.12 bits per heavy atom. The van der Waals surface area contributed by atoms with E-state index in [1.165, 1.54) is 38.6 Å². The van der Waals surface area contributed by atoms with Crippen molar-refractivity contribution in [2.45, 2.75) is 70.9 Å². The third-order valence-electron chi connectivity index (χ3n) is 5.78. The van der Waals surface area contributed by atoms with Crippen molar-refractivity contribution in [3.8, 4) is 0 Å². The first-order valence-corrected chi connectivity index (χ1v) is 9.42. The second-order valence-electron chi connectivity index (χ2n) is 7.47. The van der Waals surface area contributed by atoms with Gasteiger partial charge in [-0.15, -0.1) is 5.10 Å². The number of nitrogens with zero attached hydrogens (tertiary/aromatic N) is 5. The second kappa shape index (κ2) is 8.05. The van der Waals surface area contributed by atoms with Gasteiger partial charge in [0.2, 0.25) is 5.91 Å². The SMILES string of the molecule is CCN1CCCC1CNC(=O)CC1(Cn2cnnn2)CCCCC1. The first kappa shape index (κ1) is 17.3. The summed E-state index contributed by atoms with van der Waals surface area (Å²) in [6.07, 6.45) is 10.5. The van der Waals surface area contributed by atoms with Gasteiger partial charge in [-0.25, -0.2) is 4.68 Å². The molecule has 1 aromatic heterocycles. The largest absolute Gasteiger partial charge is 0.355 e. The van der Waals surface area contributed by atoms with Crippen molar-refractivity contribution in [2.75, 3.05) is 19.6 Å². The van der Waals surface area contributed by atoms with Crippen LogP contribution in [0.3, 0.4) is 0 Å². The summed E-state index contributed by atoms with van der Waals surface area (Å²) in [5.41, 5.74) is 0.0117. The minimum absolute atomic E-state index is 0.0117. The van der Waals surface area contributed by atoms with E-state index in [4.69, 9.17) is 0 Å². The Morgan fingerprint density at radius 1 is 1.29 bits per heavy atom.